The van der Waals surface area contributed by atoms with Crippen LogP contribution in [0.1, 0.15) is 148 Å². The Bertz CT molecular complexity index is 1990. The largest absolute Gasteiger partial charge is 0.464 e. The second-order valence-electron chi connectivity index (χ2n) is 16.9. The zero-order valence-corrected chi connectivity index (χ0v) is 37.6. The summed E-state index contributed by atoms with van der Waals surface area (Å²) in [5.41, 5.74) is 5.36. The number of nitrogens with zero attached hydrogens (tertiary/aromatic N) is 4. The minimum Gasteiger partial charge on any atom is -0.464 e. The number of anilines is 1. The minimum absolute atomic E-state index is 0.105. The zero-order chi connectivity index (χ0) is 44.4. The van der Waals surface area contributed by atoms with Crippen molar-refractivity contribution in [1.82, 2.24) is 24.6 Å². The number of carbonyl (C=O) groups is 1. The number of carbonyl (C=O) groups excluding carboxylic acids is 1. The molecular formula is C46H66F3N6O6P. The van der Waals surface area contributed by atoms with Crippen LogP contribution in [-0.2, 0) is 29.8 Å². The van der Waals surface area contributed by atoms with Gasteiger partial charge < -0.3 is 19.7 Å². The van der Waals surface area contributed by atoms with Crippen molar-refractivity contribution in [1.29, 1.82) is 0 Å². The van der Waals surface area contributed by atoms with Gasteiger partial charge in [0.05, 0.1) is 25.1 Å². The molecule has 4 aromatic rings. The second-order valence-corrected chi connectivity index (χ2v) is 18.6. The molecule has 342 valence electrons. The van der Waals surface area contributed by atoms with E-state index in [0.717, 1.165) is 56.7 Å². The quantitative estimate of drug-likeness (QED) is 0.0232. The Labute approximate surface area is 364 Å². The van der Waals surface area contributed by atoms with Crippen molar-refractivity contribution in [2.45, 2.75) is 161 Å². The molecule has 1 aliphatic rings. The molecule has 4 atom stereocenters. The number of unbranched alkanes of at least 4 members (excludes halogenated alkanes) is 12. The number of halogens is 3. The number of aromatic nitrogens is 4. The Morgan fingerprint density at radius 2 is 1.53 bits per heavy atom. The molecule has 3 N–H and O–H groups in total. The number of fused-ring (bicyclic) bond motifs is 1. The van der Waals surface area contributed by atoms with Crippen molar-refractivity contribution in [2.24, 2.45) is 5.92 Å². The van der Waals surface area contributed by atoms with Crippen LogP contribution in [0.15, 0.2) is 54.9 Å². The lowest BCUT2D eigenvalue weighted by molar-refractivity contribution is -0.147. The summed E-state index contributed by atoms with van der Waals surface area (Å²) in [4.78, 5) is 25.8. The molecule has 0 bridgehead atoms. The highest BCUT2D eigenvalue weighted by Crippen LogP contribution is 2.48. The molecule has 16 heteroatoms. The van der Waals surface area contributed by atoms with Gasteiger partial charge in [0.2, 0.25) is 0 Å². The number of ether oxygens (including phenoxy) is 2. The van der Waals surface area contributed by atoms with Gasteiger partial charge in [-0.2, -0.15) is 19.4 Å². The van der Waals surface area contributed by atoms with Crippen LogP contribution < -0.4 is 15.3 Å². The smallest absolute Gasteiger partial charge is 0.459 e. The molecule has 62 heavy (non-hydrogen) atoms. The van der Waals surface area contributed by atoms with Crippen molar-refractivity contribution in [3.8, 4) is 5.75 Å². The number of para-hydroxylation sites is 1. The first-order valence-corrected chi connectivity index (χ1v) is 24.2. The zero-order valence-electron chi connectivity index (χ0n) is 36.7. The summed E-state index contributed by atoms with van der Waals surface area (Å²) in [5.74, 6) is -2.17. The third-order valence-electron chi connectivity index (χ3n) is 11.4. The number of esters is 1. The van der Waals surface area contributed by atoms with E-state index >= 15 is 0 Å². The fourth-order valence-electron chi connectivity index (χ4n) is 7.96. The van der Waals surface area contributed by atoms with Crippen molar-refractivity contribution in [3.63, 3.8) is 0 Å². The van der Waals surface area contributed by atoms with Crippen molar-refractivity contribution in [3.05, 3.63) is 78.1 Å². The van der Waals surface area contributed by atoms with Crippen molar-refractivity contribution < 1.29 is 41.1 Å². The summed E-state index contributed by atoms with van der Waals surface area (Å²) in [6.45, 7) is 6.07. The SMILES string of the molecule is CCCCCCCCCC(CCCCCCCCC)COC(=O)[C@H](Cc1cc(F)cc(F)c1)NP(=O)(OC[C@]1(C)CC[C@H](n2cnc3c(N)nc(F)nc32)O1)Oc1ccccc1. The lowest BCUT2D eigenvalue weighted by Crippen LogP contribution is -2.41. The van der Waals surface area contributed by atoms with Crippen LogP contribution in [0, 0.1) is 23.6 Å². The molecule has 3 heterocycles. The van der Waals surface area contributed by atoms with Crippen LogP contribution in [0.3, 0.4) is 0 Å². The normalized spacial score (nSPS) is 18.0. The predicted octanol–water partition coefficient (Wildman–Crippen LogP) is 11.7. The number of benzene rings is 2. The second kappa shape index (κ2) is 24.7. The monoisotopic (exact) mass is 886 g/mol. The number of imidazole rings is 1. The van der Waals surface area contributed by atoms with Crippen LogP contribution in [0.4, 0.5) is 19.0 Å². The number of rotatable bonds is 29. The highest BCUT2D eigenvalue weighted by Gasteiger charge is 2.42. The molecule has 2 aromatic carbocycles. The molecule has 0 aliphatic carbocycles. The average Bonchev–Trinajstić information content (AvgIpc) is 3.84. The van der Waals surface area contributed by atoms with Gasteiger partial charge in [-0.15, -0.1) is 0 Å². The van der Waals surface area contributed by atoms with Gasteiger partial charge in [-0.25, -0.2) is 18.3 Å². The van der Waals surface area contributed by atoms with Crippen LogP contribution in [-0.4, -0.2) is 50.3 Å². The van der Waals surface area contributed by atoms with Gasteiger partial charge in [0.15, 0.2) is 17.0 Å². The fourth-order valence-corrected chi connectivity index (χ4v) is 9.56. The van der Waals surface area contributed by atoms with Gasteiger partial charge in [-0.05, 0) is 74.8 Å². The van der Waals surface area contributed by atoms with Gasteiger partial charge >= 0.3 is 19.8 Å². The molecule has 1 unspecified atom stereocenters. The van der Waals surface area contributed by atoms with Gasteiger partial charge in [-0.3, -0.25) is 13.9 Å². The average molecular weight is 887 g/mol. The molecule has 5 rings (SSSR count). The van der Waals surface area contributed by atoms with E-state index in [-0.39, 0.29) is 53.8 Å². The molecule has 0 spiro atoms. The van der Waals surface area contributed by atoms with Gasteiger partial charge in [-0.1, -0.05) is 122 Å². The summed E-state index contributed by atoms with van der Waals surface area (Å²) >= 11 is 0. The molecule has 1 saturated heterocycles. The van der Waals surface area contributed by atoms with E-state index in [2.05, 4.69) is 33.9 Å². The molecular weight excluding hydrogens is 821 g/mol. The number of nitrogens with two attached hydrogens (primary N) is 1. The van der Waals surface area contributed by atoms with Gasteiger partial charge in [0, 0.05) is 6.07 Å². The van der Waals surface area contributed by atoms with Crippen LogP contribution in [0.5, 0.6) is 5.75 Å². The van der Waals surface area contributed by atoms with Crippen LogP contribution >= 0.6 is 7.75 Å². The predicted molar refractivity (Wildman–Crippen MR) is 235 cm³/mol. The van der Waals surface area contributed by atoms with Crippen molar-refractivity contribution >= 4 is 30.7 Å². The summed E-state index contributed by atoms with van der Waals surface area (Å²) in [7, 11) is -4.48. The maximum absolute atomic E-state index is 14.9. The Hall–Kier alpha value is -4.04. The Morgan fingerprint density at radius 3 is 2.16 bits per heavy atom. The Kier molecular flexibility index (Phi) is 19.5. The Morgan fingerprint density at radius 1 is 0.919 bits per heavy atom. The van der Waals surface area contributed by atoms with Crippen LogP contribution in [0.2, 0.25) is 0 Å². The number of nitrogens with one attached hydrogen (secondary N) is 1. The first-order chi connectivity index (χ1) is 29.9. The highest BCUT2D eigenvalue weighted by molar-refractivity contribution is 7.52. The van der Waals surface area contributed by atoms with E-state index in [1.807, 2.05) is 0 Å². The summed E-state index contributed by atoms with van der Waals surface area (Å²) in [6.07, 6.45) is 18.6. The van der Waals surface area contributed by atoms with Crippen molar-refractivity contribution in [2.75, 3.05) is 18.9 Å². The number of hydrogen-bond donors (Lipinski definition) is 2. The van der Waals surface area contributed by atoms with E-state index in [1.54, 1.807) is 41.8 Å². The first kappa shape index (κ1) is 49.0. The standard InChI is InChI=1S/C46H66F3N6O6P/c1-4-6-8-10-12-14-17-21-34(22-18-15-13-11-9-7-5-2)31-58-44(56)39(29-35-27-36(47)30-37(48)28-35)54-62(57,61-38-23-19-16-20-24-38)59-32-46(3)26-25-40(60-46)55-33-51-41-42(50)52-45(49)53-43(41)55/h16,19-20,23-24,27-28,30,33-34,39-40H,4-15,17-18,21-22,25-26,29,31-32H2,1-3H3,(H,54,57)(H2,50,52,53)/t39-,40+,46-,62?/m0/s1. The number of hydrogen-bond acceptors (Lipinski definition) is 10. The molecule has 1 aliphatic heterocycles. The lowest BCUT2D eigenvalue weighted by Gasteiger charge is -2.29. The van der Waals surface area contributed by atoms with E-state index in [1.165, 1.54) is 70.5 Å². The highest BCUT2D eigenvalue weighted by atomic mass is 31.2. The maximum atomic E-state index is 14.9. The fraction of sp³-hybridized carbons (Fsp3) is 0.609. The molecule has 2 aromatic heterocycles. The van der Waals surface area contributed by atoms with E-state index in [0.29, 0.717) is 12.8 Å². The first-order valence-electron chi connectivity index (χ1n) is 22.6. The van der Waals surface area contributed by atoms with Gasteiger partial charge in [0.1, 0.15) is 29.7 Å². The minimum atomic E-state index is -4.48. The number of nitrogen functional groups attached to an aromatic ring is 1. The third-order valence-corrected chi connectivity index (χ3v) is 13.0. The Balaban J connectivity index is 1.31. The summed E-state index contributed by atoms with van der Waals surface area (Å²) in [6, 6.07) is 9.93. The molecule has 1 fully saturated rings. The van der Waals surface area contributed by atoms with E-state index in [9.17, 15) is 22.5 Å². The molecule has 0 amide bonds. The summed E-state index contributed by atoms with van der Waals surface area (Å²) < 4.78 is 84.1. The van der Waals surface area contributed by atoms with E-state index in [4.69, 9.17) is 24.3 Å². The lowest BCUT2D eigenvalue weighted by atomic mass is 9.94. The van der Waals surface area contributed by atoms with Crippen LogP contribution in [0.25, 0.3) is 11.2 Å². The van der Waals surface area contributed by atoms with Gasteiger partial charge in [0.25, 0.3) is 0 Å². The van der Waals surface area contributed by atoms with E-state index < -0.39 is 49.3 Å². The molecule has 12 nitrogen and oxygen atoms in total. The molecule has 0 saturated carbocycles. The summed E-state index contributed by atoms with van der Waals surface area (Å²) in [5, 5.41) is 2.81. The maximum Gasteiger partial charge on any atom is 0.459 e. The third kappa shape index (κ3) is 15.6. The molecule has 0 radical (unpaired) electrons. The topological polar surface area (TPSA) is 153 Å².